The predicted octanol–water partition coefficient (Wildman–Crippen LogP) is 10.5. The van der Waals surface area contributed by atoms with Gasteiger partial charge in [0, 0.05) is 44.0 Å². The maximum absolute atomic E-state index is 9.51. The summed E-state index contributed by atoms with van der Waals surface area (Å²) in [6, 6.07) is 57.2. The summed E-state index contributed by atoms with van der Waals surface area (Å²) in [5, 5.41) is 14.4. The van der Waals surface area contributed by atoms with E-state index in [4.69, 9.17) is 4.98 Å². The van der Waals surface area contributed by atoms with Crippen LogP contribution in [-0.4, -0.2) is 14.1 Å². The van der Waals surface area contributed by atoms with Crippen molar-refractivity contribution in [2.75, 3.05) is 0 Å². The molecule has 0 fully saturated rings. The number of para-hydroxylation sites is 4. The Morgan fingerprint density at radius 2 is 0.848 bits per heavy atom. The Labute approximate surface area is 265 Å². The fraction of sp³-hybridized carbons (Fsp3) is 0. The molecule has 3 aromatic heterocycles. The lowest BCUT2D eigenvalue weighted by molar-refractivity contribution is 1.13. The van der Waals surface area contributed by atoms with Gasteiger partial charge in [-0.05, 0) is 66.7 Å². The van der Waals surface area contributed by atoms with Crippen molar-refractivity contribution >= 4 is 43.6 Å². The molecular weight excluding hydrogens is 560 g/mol. The summed E-state index contributed by atoms with van der Waals surface area (Å²) >= 11 is 0. The fourth-order valence-electron chi connectivity index (χ4n) is 6.91. The van der Waals surface area contributed by atoms with Gasteiger partial charge in [-0.25, -0.2) is 4.98 Å². The molecule has 0 saturated heterocycles. The van der Waals surface area contributed by atoms with Crippen molar-refractivity contribution in [3.05, 3.63) is 163 Å². The largest absolute Gasteiger partial charge is 0.309 e. The van der Waals surface area contributed by atoms with Crippen molar-refractivity contribution in [3.63, 3.8) is 0 Å². The Hall–Kier alpha value is -6.44. The second-order valence-electron chi connectivity index (χ2n) is 11.6. The van der Waals surface area contributed by atoms with E-state index in [1.165, 1.54) is 21.5 Å². The molecule has 4 nitrogen and oxygen atoms in total. The van der Waals surface area contributed by atoms with Crippen LogP contribution in [0.2, 0.25) is 0 Å². The minimum Gasteiger partial charge on any atom is -0.309 e. The van der Waals surface area contributed by atoms with Gasteiger partial charge in [0.1, 0.15) is 0 Å². The molecule has 46 heavy (non-hydrogen) atoms. The number of benzene rings is 6. The van der Waals surface area contributed by atoms with Crippen LogP contribution in [0.5, 0.6) is 0 Å². The summed E-state index contributed by atoms with van der Waals surface area (Å²) < 4.78 is 4.73. The van der Waals surface area contributed by atoms with E-state index in [0.29, 0.717) is 5.56 Å². The van der Waals surface area contributed by atoms with Crippen LogP contribution in [-0.2, 0) is 0 Å². The molecule has 0 N–H and O–H groups in total. The first-order valence-corrected chi connectivity index (χ1v) is 15.4. The van der Waals surface area contributed by atoms with E-state index in [1.54, 1.807) is 0 Å². The molecule has 0 amide bonds. The number of hydrogen-bond donors (Lipinski definition) is 0. The molecule has 0 radical (unpaired) electrons. The summed E-state index contributed by atoms with van der Waals surface area (Å²) in [5.74, 6) is 0. The normalized spacial score (nSPS) is 11.5. The fourth-order valence-corrected chi connectivity index (χ4v) is 6.91. The number of fused-ring (bicyclic) bond motifs is 6. The Balaban J connectivity index is 1.36. The summed E-state index contributed by atoms with van der Waals surface area (Å²) in [4.78, 5) is 5.15. The molecule has 4 heteroatoms. The van der Waals surface area contributed by atoms with E-state index in [2.05, 4.69) is 137 Å². The van der Waals surface area contributed by atoms with Crippen molar-refractivity contribution in [1.29, 1.82) is 5.26 Å². The molecule has 0 aliphatic rings. The maximum atomic E-state index is 9.51. The molecule has 0 aliphatic carbocycles. The van der Waals surface area contributed by atoms with Crippen LogP contribution in [0.15, 0.2) is 158 Å². The molecule has 3 heterocycles. The number of nitrogens with zero attached hydrogens (tertiary/aromatic N) is 4. The average molecular weight is 587 g/mol. The van der Waals surface area contributed by atoms with Gasteiger partial charge in [0.25, 0.3) is 0 Å². The zero-order chi connectivity index (χ0) is 30.6. The second kappa shape index (κ2) is 10.3. The van der Waals surface area contributed by atoms with E-state index in [9.17, 15) is 5.26 Å². The van der Waals surface area contributed by atoms with Crippen molar-refractivity contribution < 1.29 is 0 Å². The number of pyridine rings is 1. The Bertz CT molecular complexity index is 2430. The molecule has 0 aliphatic heterocycles. The van der Waals surface area contributed by atoms with Gasteiger partial charge in [-0.1, -0.05) is 91.0 Å². The first-order chi connectivity index (χ1) is 22.8. The van der Waals surface area contributed by atoms with Crippen LogP contribution >= 0.6 is 0 Å². The zero-order valence-corrected chi connectivity index (χ0v) is 24.8. The molecule has 6 aromatic carbocycles. The lowest BCUT2D eigenvalue weighted by Crippen LogP contribution is -2.00. The number of aromatic nitrogens is 3. The van der Waals surface area contributed by atoms with Crippen LogP contribution in [0.25, 0.3) is 77.5 Å². The maximum Gasteiger partial charge on any atom is 0.0991 e. The average Bonchev–Trinajstić information content (AvgIpc) is 3.65. The van der Waals surface area contributed by atoms with Crippen LogP contribution in [0.4, 0.5) is 0 Å². The molecule has 214 valence electrons. The summed E-state index contributed by atoms with van der Waals surface area (Å²) in [7, 11) is 0. The molecule has 0 spiro atoms. The van der Waals surface area contributed by atoms with Gasteiger partial charge < -0.3 is 9.13 Å². The first-order valence-electron chi connectivity index (χ1n) is 15.4. The lowest BCUT2D eigenvalue weighted by Gasteiger charge is -2.16. The van der Waals surface area contributed by atoms with Crippen molar-refractivity contribution in [2.24, 2.45) is 0 Å². The van der Waals surface area contributed by atoms with Crippen LogP contribution < -0.4 is 0 Å². The Morgan fingerprint density at radius 1 is 0.413 bits per heavy atom. The number of nitriles is 1. The SMILES string of the molecule is N#Cc1cccc(-c2cccc(-c3cc(-n4c5ccccc5c5ccccc54)cc(-n4c5ccccc5c5ccccc54)c3)n2)c1. The van der Waals surface area contributed by atoms with E-state index >= 15 is 0 Å². The van der Waals surface area contributed by atoms with E-state index in [0.717, 1.165) is 56.0 Å². The quantitative estimate of drug-likeness (QED) is 0.206. The molecule has 0 unspecified atom stereocenters. The van der Waals surface area contributed by atoms with Crippen LogP contribution in [0.3, 0.4) is 0 Å². The van der Waals surface area contributed by atoms with Gasteiger partial charge in [-0.3, -0.25) is 0 Å². The van der Waals surface area contributed by atoms with Crippen LogP contribution in [0.1, 0.15) is 5.56 Å². The standard InChI is InChI=1S/C42H26N4/c43-27-28-11-9-12-29(23-28)37-17-10-18-38(44-37)30-24-31(45-39-19-5-1-13-33(39)34-14-2-6-20-40(34)45)26-32(25-30)46-41-21-7-3-15-35(41)36-16-4-8-22-42(36)46/h1-26H. The molecule has 9 aromatic rings. The van der Waals surface area contributed by atoms with E-state index in [-0.39, 0.29) is 0 Å². The Morgan fingerprint density at radius 3 is 1.33 bits per heavy atom. The minimum atomic E-state index is 0.617. The van der Waals surface area contributed by atoms with Crippen LogP contribution in [0, 0.1) is 11.3 Å². The molecule has 0 bridgehead atoms. The molecular formula is C42H26N4. The minimum absolute atomic E-state index is 0.617. The first kappa shape index (κ1) is 26.0. The highest BCUT2D eigenvalue weighted by molar-refractivity contribution is 6.10. The third-order valence-corrected chi connectivity index (χ3v) is 8.91. The third-order valence-electron chi connectivity index (χ3n) is 8.91. The van der Waals surface area contributed by atoms with Gasteiger partial charge >= 0.3 is 0 Å². The smallest absolute Gasteiger partial charge is 0.0991 e. The van der Waals surface area contributed by atoms with Gasteiger partial charge in [0.2, 0.25) is 0 Å². The highest BCUT2D eigenvalue weighted by Gasteiger charge is 2.17. The topological polar surface area (TPSA) is 46.5 Å². The number of hydrogen-bond acceptors (Lipinski definition) is 2. The second-order valence-corrected chi connectivity index (χ2v) is 11.6. The molecule has 9 rings (SSSR count). The summed E-state index contributed by atoms with van der Waals surface area (Å²) in [6.07, 6.45) is 0. The van der Waals surface area contributed by atoms with Gasteiger partial charge in [0.15, 0.2) is 0 Å². The molecule has 0 saturated carbocycles. The van der Waals surface area contributed by atoms with Crippen molar-refractivity contribution in [3.8, 4) is 40.0 Å². The zero-order valence-electron chi connectivity index (χ0n) is 24.8. The highest BCUT2D eigenvalue weighted by atomic mass is 15.0. The highest BCUT2D eigenvalue weighted by Crippen LogP contribution is 2.37. The lowest BCUT2D eigenvalue weighted by atomic mass is 10.0. The third kappa shape index (κ3) is 4.03. The van der Waals surface area contributed by atoms with Crippen molar-refractivity contribution in [2.45, 2.75) is 0 Å². The summed E-state index contributed by atoms with van der Waals surface area (Å²) in [5.41, 5.74) is 11.0. The summed E-state index contributed by atoms with van der Waals surface area (Å²) in [6.45, 7) is 0. The van der Waals surface area contributed by atoms with Gasteiger partial charge in [-0.15, -0.1) is 0 Å². The molecule has 0 atom stereocenters. The monoisotopic (exact) mass is 586 g/mol. The predicted molar refractivity (Wildman–Crippen MR) is 189 cm³/mol. The van der Waals surface area contributed by atoms with Gasteiger partial charge in [-0.2, -0.15) is 5.26 Å². The number of rotatable bonds is 4. The van der Waals surface area contributed by atoms with Crippen molar-refractivity contribution in [1.82, 2.24) is 14.1 Å². The Kier molecular flexibility index (Phi) is 5.84. The van der Waals surface area contributed by atoms with E-state index in [1.807, 2.05) is 36.4 Å². The van der Waals surface area contributed by atoms with E-state index < -0.39 is 0 Å². The van der Waals surface area contributed by atoms with Gasteiger partial charge in [0.05, 0.1) is 45.1 Å².